The third-order valence-electron chi connectivity index (χ3n) is 9.92. The van der Waals surface area contributed by atoms with Gasteiger partial charge in [0.2, 0.25) is 0 Å². The van der Waals surface area contributed by atoms with E-state index in [2.05, 4.69) is 20.4 Å². The van der Waals surface area contributed by atoms with Crippen LogP contribution in [0.4, 0.5) is 23.4 Å². The summed E-state index contributed by atoms with van der Waals surface area (Å²) in [5, 5.41) is 17.6. The molecule has 15 heteroatoms. The van der Waals surface area contributed by atoms with Gasteiger partial charge < -0.3 is 10.4 Å². The predicted octanol–water partition coefficient (Wildman–Crippen LogP) is 5.61. The summed E-state index contributed by atoms with van der Waals surface area (Å²) in [6, 6.07) is 8.52. The molecular weight excluding hydrogens is 628 g/mol. The zero-order chi connectivity index (χ0) is 32.3. The van der Waals surface area contributed by atoms with Gasteiger partial charge in [-0.25, -0.2) is 31.3 Å². The van der Waals surface area contributed by atoms with E-state index in [0.717, 1.165) is 53.3 Å². The monoisotopic (exact) mass is 654 g/mol. The zero-order valence-corrected chi connectivity index (χ0v) is 24.9. The predicted molar refractivity (Wildman–Crippen MR) is 157 cm³/mol. The molecule has 2 bridgehead atoms. The number of alkyl halides is 3. The Bertz CT molecular complexity index is 2180. The number of pyridine rings is 1. The molecule has 46 heavy (non-hydrogen) atoms. The van der Waals surface area contributed by atoms with Gasteiger partial charge in [-0.05, 0) is 80.2 Å². The van der Waals surface area contributed by atoms with Crippen LogP contribution in [-0.2, 0) is 21.0 Å². The summed E-state index contributed by atoms with van der Waals surface area (Å²) in [5.74, 6) is -2.24. The number of aryl methyl sites for hydroxylation is 1. The molecule has 4 saturated carbocycles. The van der Waals surface area contributed by atoms with Gasteiger partial charge in [-0.3, -0.25) is 4.79 Å². The van der Waals surface area contributed by atoms with Crippen molar-refractivity contribution in [3.05, 3.63) is 71.9 Å². The van der Waals surface area contributed by atoms with E-state index in [9.17, 15) is 35.9 Å². The minimum Gasteiger partial charge on any atom is -0.481 e. The molecule has 4 heterocycles. The number of halogens is 4. The molecule has 0 saturated heterocycles. The second-order valence-electron chi connectivity index (χ2n) is 12.5. The number of carbonyl (C=O) groups is 1. The first-order chi connectivity index (χ1) is 21.8. The van der Waals surface area contributed by atoms with Crippen LogP contribution in [0.25, 0.3) is 27.9 Å². The Balaban J connectivity index is 1.33. The lowest BCUT2D eigenvalue weighted by molar-refractivity contribution is -0.148. The van der Waals surface area contributed by atoms with Crippen molar-refractivity contribution in [3.63, 3.8) is 0 Å². The molecule has 4 aliphatic carbocycles. The fourth-order valence-corrected chi connectivity index (χ4v) is 9.14. The highest BCUT2D eigenvalue weighted by Crippen LogP contribution is 2.64. The molecule has 2 unspecified atom stereocenters. The largest absolute Gasteiger partial charge is 0.481 e. The summed E-state index contributed by atoms with van der Waals surface area (Å²) in [6.45, 7) is 1.79. The van der Waals surface area contributed by atoms with Gasteiger partial charge in [0.15, 0.2) is 17.3 Å². The molecule has 0 amide bonds. The van der Waals surface area contributed by atoms with E-state index in [-0.39, 0.29) is 50.5 Å². The van der Waals surface area contributed by atoms with Crippen molar-refractivity contribution in [2.45, 2.75) is 43.3 Å². The van der Waals surface area contributed by atoms with Gasteiger partial charge in [0, 0.05) is 23.2 Å². The average Bonchev–Trinajstić information content (AvgIpc) is 3.57. The summed E-state index contributed by atoms with van der Waals surface area (Å²) in [7, 11) is -4.29. The standard InChI is InChI=1S/C31H26F4N6O4S/c1-14-2-4-16(5-3-14)46(44,45)40-13-22(21-10-15(32)12-36-29(21)40)27-38-28(23-8-9-24(31(33,34)35)41(23)39-27)37-26-18-7-6-17(19-11-20(18)19)25(26)30(42)43/h2-5,8-10,12-13,17-20,25-26H,6-7,11H2,1H3,(H,42,43)(H,37,38,39)/t17-,18+,19?,20?,25-,26-/m0/s1. The number of anilines is 1. The van der Waals surface area contributed by atoms with Gasteiger partial charge in [0.1, 0.15) is 17.0 Å². The van der Waals surface area contributed by atoms with Crippen molar-refractivity contribution in [2.75, 3.05) is 5.32 Å². The fraction of sp³-hybridized carbons (Fsp3) is 0.355. The number of nitrogens with one attached hydrogen (secondary N) is 1. The molecule has 1 aromatic carbocycles. The van der Waals surface area contributed by atoms with Crippen LogP contribution in [0.5, 0.6) is 0 Å². The van der Waals surface area contributed by atoms with Crippen LogP contribution in [0, 0.1) is 42.3 Å². The maximum absolute atomic E-state index is 14.6. The van der Waals surface area contributed by atoms with Crippen LogP contribution < -0.4 is 5.32 Å². The van der Waals surface area contributed by atoms with E-state index in [1.54, 1.807) is 19.1 Å². The van der Waals surface area contributed by atoms with Gasteiger partial charge in [-0.15, -0.1) is 5.10 Å². The summed E-state index contributed by atoms with van der Waals surface area (Å²) in [4.78, 5) is 21.0. The third-order valence-corrected chi connectivity index (χ3v) is 11.6. The molecule has 4 fully saturated rings. The Labute approximate surface area is 259 Å². The highest BCUT2D eigenvalue weighted by atomic mass is 32.2. The van der Waals surface area contributed by atoms with Crippen molar-refractivity contribution < 1.29 is 35.9 Å². The Morgan fingerprint density at radius 1 is 1.04 bits per heavy atom. The fourth-order valence-electron chi connectivity index (χ4n) is 7.82. The van der Waals surface area contributed by atoms with Crippen LogP contribution in [-0.4, -0.2) is 49.1 Å². The molecule has 0 spiro atoms. The minimum atomic E-state index is -4.82. The molecule has 5 aromatic rings. The Hall–Kier alpha value is -4.53. The molecular formula is C31H26F4N6O4S. The number of carboxylic acid groups (broad SMARTS) is 1. The van der Waals surface area contributed by atoms with Crippen molar-refractivity contribution in [2.24, 2.45) is 29.6 Å². The van der Waals surface area contributed by atoms with Crippen molar-refractivity contribution >= 4 is 38.4 Å². The summed E-state index contributed by atoms with van der Waals surface area (Å²) in [5.41, 5.74) is -0.577. The summed E-state index contributed by atoms with van der Waals surface area (Å²) >= 11 is 0. The van der Waals surface area contributed by atoms with Crippen molar-refractivity contribution in [1.82, 2.24) is 23.6 Å². The van der Waals surface area contributed by atoms with Gasteiger partial charge in [0.05, 0.1) is 17.0 Å². The molecule has 10 nitrogen and oxygen atoms in total. The van der Waals surface area contributed by atoms with E-state index in [4.69, 9.17) is 0 Å². The van der Waals surface area contributed by atoms with E-state index < -0.39 is 45.6 Å². The number of aliphatic carboxylic acids is 1. The third kappa shape index (κ3) is 4.31. The van der Waals surface area contributed by atoms with Gasteiger partial charge in [-0.1, -0.05) is 17.7 Å². The second kappa shape index (κ2) is 9.74. The van der Waals surface area contributed by atoms with E-state index in [1.165, 1.54) is 18.2 Å². The van der Waals surface area contributed by atoms with Gasteiger partial charge >= 0.3 is 12.1 Å². The lowest BCUT2D eigenvalue weighted by Crippen LogP contribution is -2.52. The van der Waals surface area contributed by atoms with Gasteiger partial charge in [0.25, 0.3) is 10.0 Å². The van der Waals surface area contributed by atoms with Crippen LogP contribution in [0.2, 0.25) is 0 Å². The second-order valence-corrected chi connectivity index (χ2v) is 14.3. The number of carboxylic acids is 1. The van der Waals surface area contributed by atoms with Crippen molar-refractivity contribution in [3.8, 4) is 11.4 Å². The molecule has 238 valence electrons. The number of nitrogens with zero attached hydrogens (tertiary/aromatic N) is 5. The maximum atomic E-state index is 14.6. The van der Waals surface area contributed by atoms with Crippen LogP contribution in [0.3, 0.4) is 0 Å². The molecule has 0 aliphatic heterocycles. The first-order valence-corrected chi connectivity index (χ1v) is 16.2. The first-order valence-electron chi connectivity index (χ1n) is 14.8. The van der Waals surface area contributed by atoms with E-state index in [0.29, 0.717) is 16.4 Å². The first kappa shape index (κ1) is 28.9. The summed E-state index contributed by atoms with van der Waals surface area (Å²) in [6.07, 6.45) is -0.355. The van der Waals surface area contributed by atoms with Crippen molar-refractivity contribution in [1.29, 1.82) is 0 Å². The Morgan fingerprint density at radius 3 is 2.48 bits per heavy atom. The maximum Gasteiger partial charge on any atom is 0.433 e. The molecule has 4 aromatic heterocycles. The highest BCUT2D eigenvalue weighted by molar-refractivity contribution is 7.90. The Morgan fingerprint density at radius 2 is 1.76 bits per heavy atom. The Kier molecular flexibility index (Phi) is 6.12. The molecule has 0 radical (unpaired) electrons. The quantitative estimate of drug-likeness (QED) is 0.226. The van der Waals surface area contributed by atoms with Crippen LogP contribution in [0.15, 0.2) is 59.8 Å². The van der Waals surface area contributed by atoms with E-state index in [1.807, 2.05) is 0 Å². The zero-order valence-electron chi connectivity index (χ0n) is 24.1. The number of hydrogen-bond donors (Lipinski definition) is 2. The molecule has 2 N–H and O–H groups in total. The average molecular weight is 655 g/mol. The number of rotatable bonds is 6. The smallest absolute Gasteiger partial charge is 0.433 e. The number of fused-ring (bicyclic) bond motifs is 4. The lowest BCUT2D eigenvalue weighted by atomic mass is 9.61. The SMILES string of the molecule is Cc1ccc(S(=O)(=O)n2cc(-c3nc(N[C@@H]4[C@@H](C(=O)O)[C@H]5CC[C@@H]4C4CC45)c4ccc(C(F)(F)F)n4n3)c3cc(F)cnc32)cc1. The number of benzene rings is 1. The summed E-state index contributed by atoms with van der Waals surface area (Å²) < 4.78 is 86.1. The van der Waals surface area contributed by atoms with Crippen LogP contribution >= 0.6 is 0 Å². The lowest BCUT2D eigenvalue weighted by Gasteiger charge is -2.46. The molecule has 9 rings (SSSR count). The van der Waals surface area contributed by atoms with Gasteiger partial charge in [-0.2, -0.15) is 13.2 Å². The topological polar surface area (TPSA) is 131 Å². The minimum absolute atomic E-state index is 0.00600. The molecule has 4 aliphatic rings. The number of hydrogen-bond acceptors (Lipinski definition) is 7. The highest BCUT2D eigenvalue weighted by Gasteiger charge is 2.63. The van der Waals surface area contributed by atoms with Crippen LogP contribution in [0.1, 0.15) is 30.5 Å². The molecule has 6 atom stereocenters. The number of aromatic nitrogens is 5. The normalized spacial score (nSPS) is 25.6. The van der Waals surface area contributed by atoms with E-state index >= 15 is 0 Å².